The molecule has 0 radical (unpaired) electrons. The number of benzene rings is 2. The second kappa shape index (κ2) is 6.43. The summed E-state index contributed by atoms with van der Waals surface area (Å²) in [6, 6.07) is 15.2. The molecule has 0 saturated carbocycles. The van der Waals surface area contributed by atoms with E-state index in [1.165, 1.54) is 0 Å². The highest BCUT2D eigenvalue weighted by Gasteiger charge is 2.08. The first-order chi connectivity index (χ1) is 9.20. The molecule has 0 unspecified atom stereocenters. The summed E-state index contributed by atoms with van der Waals surface area (Å²) in [6.07, 6.45) is 0. The first-order valence-corrected chi connectivity index (χ1v) is 6.90. The molecule has 0 amide bonds. The zero-order valence-corrected chi connectivity index (χ0v) is 11.8. The minimum Gasteiger partial charge on any atom is -0.384 e. The van der Waals surface area contributed by atoms with Crippen molar-refractivity contribution >= 4 is 24.1 Å². The molecule has 0 saturated heterocycles. The molecule has 0 heterocycles. The summed E-state index contributed by atoms with van der Waals surface area (Å²) in [7, 11) is 0. The van der Waals surface area contributed by atoms with Gasteiger partial charge in [0.15, 0.2) is 5.78 Å². The molecule has 1 N–H and O–H groups in total. The maximum atomic E-state index is 12.3. The molecule has 0 spiro atoms. The van der Waals surface area contributed by atoms with E-state index in [0.717, 1.165) is 29.1 Å². The van der Waals surface area contributed by atoms with Crippen molar-refractivity contribution in [2.75, 3.05) is 17.6 Å². The van der Waals surface area contributed by atoms with Crippen LogP contribution in [0, 0.1) is 6.92 Å². The SMILES string of the molecule is Cc1ccc(C(=O)c2ccc(NCCS)cc2)cc1. The summed E-state index contributed by atoms with van der Waals surface area (Å²) in [5.74, 6) is 0.838. The molecule has 0 atom stereocenters. The van der Waals surface area contributed by atoms with E-state index < -0.39 is 0 Å². The number of anilines is 1. The van der Waals surface area contributed by atoms with Crippen molar-refractivity contribution < 1.29 is 4.79 Å². The topological polar surface area (TPSA) is 29.1 Å². The number of rotatable bonds is 5. The highest BCUT2D eigenvalue weighted by atomic mass is 32.1. The van der Waals surface area contributed by atoms with Crippen LogP contribution >= 0.6 is 12.6 Å². The number of aryl methyl sites for hydroxylation is 1. The van der Waals surface area contributed by atoms with Crippen LogP contribution in [0.4, 0.5) is 5.69 Å². The van der Waals surface area contributed by atoms with Gasteiger partial charge in [0.1, 0.15) is 0 Å². The van der Waals surface area contributed by atoms with Gasteiger partial charge < -0.3 is 5.32 Å². The molecule has 2 aromatic rings. The third-order valence-electron chi connectivity index (χ3n) is 2.90. The molecule has 0 fully saturated rings. The van der Waals surface area contributed by atoms with E-state index in [9.17, 15) is 4.79 Å². The number of nitrogens with one attached hydrogen (secondary N) is 1. The Kier molecular flexibility index (Phi) is 4.63. The van der Waals surface area contributed by atoms with E-state index in [-0.39, 0.29) is 5.78 Å². The number of carbonyl (C=O) groups is 1. The van der Waals surface area contributed by atoms with Gasteiger partial charge in [-0.3, -0.25) is 4.79 Å². The first-order valence-electron chi connectivity index (χ1n) is 6.27. The molecular weight excluding hydrogens is 254 g/mol. The maximum Gasteiger partial charge on any atom is 0.193 e. The summed E-state index contributed by atoms with van der Waals surface area (Å²) in [4.78, 5) is 12.3. The predicted molar refractivity (Wildman–Crippen MR) is 83.4 cm³/mol. The van der Waals surface area contributed by atoms with E-state index in [1.54, 1.807) is 0 Å². The highest BCUT2D eigenvalue weighted by Crippen LogP contribution is 2.14. The van der Waals surface area contributed by atoms with Gasteiger partial charge in [0.25, 0.3) is 0 Å². The Hall–Kier alpha value is -1.74. The lowest BCUT2D eigenvalue weighted by molar-refractivity contribution is 0.103. The maximum absolute atomic E-state index is 12.3. The van der Waals surface area contributed by atoms with Crippen molar-refractivity contribution in [3.63, 3.8) is 0 Å². The van der Waals surface area contributed by atoms with E-state index in [0.29, 0.717) is 5.56 Å². The summed E-state index contributed by atoms with van der Waals surface area (Å²) in [5.41, 5.74) is 3.60. The number of ketones is 1. The lowest BCUT2D eigenvalue weighted by Gasteiger charge is -2.06. The normalized spacial score (nSPS) is 10.2. The fraction of sp³-hybridized carbons (Fsp3) is 0.188. The predicted octanol–water partition coefficient (Wildman–Crippen LogP) is 3.57. The van der Waals surface area contributed by atoms with E-state index in [4.69, 9.17) is 0 Å². The van der Waals surface area contributed by atoms with Crippen LogP contribution in [-0.2, 0) is 0 Å². The average molecular weight is 271 g/mol. The Balaban J connectivity index is 2.13. The quantitative estimate of drug-likeness (QED) is 0.643. The van der Waals surface area contributed by atoms with Gasteiger partial charge in [-0.05, 0) is 31.2 Å². The average Bonchev–Trinajstić information content (AvgIpc) is 2.46. The van der Waals surface area contributed by atoms with Gasteiger partial charge in [-0.1, -0.05) is 29.8 Å². The van der Waals surface area contributed by atoms with Crippen LogP contribution in [0.15, 0.2) is 48.5 Å². The number of hydrogen-bond acceptors (Lipinski definition) is 3. The van der Waals surface area contributed by atoms with Gasteiger partial charge in [0, 0.05) is 29.1 Å². The summed E-state index contributed by atoms with van der Waals surface area (Å²) < 4.78 is 0. The smallest absolute Gasteiger partial charge is 0.193 e. The van der Waals surface area contributed by atoms with Crippen LogP contribution in [0.2, 0.25) is 0 Å². The second-order valence-electron chi connectivity index (χ2n) is 4.42. The first kappa shape index (κ1) is 13.7. The molecule has 0 bridgehead atoms. The van der Waals surface area contributed by atoms with Crippen LogP contribution in [-0.4, -0.2) is 18.1 Å². The minimum atomic E-state index is 0.0562. The fourth-order valence-corrected chi connectivity index (χ4v) is 1.92. The van der Waals surface area contributed by atoms with Gasteiger partial charge in [-0.2, -0.15) is 12.6 Å². The van der Waals surface area contributed by atoms with Crippen LogP contribution in [0.3, 0.4) is 0 Å². The second-order valence-corrected chi connectivity index (χ2v) is 4.87. The number of hydrogen-bond donors (Lipinski definition) is 2. The molecular formula is C16H17NOS. The van der Waals surface area contributed by atoms with Gasteiger partial charge in [0.2, 0.25) is 0 Å². The third-order valence-corrected chi connectivity index (χ3v) is 3.13. The zero-order valence-electron chi connectivity index (χ0n) is 10.9. The fourth-order valence-electron chi connectivity index (χ4n) is 1.81. The van der Waals surface area contributed by atoms with Gasteiger partial charge in [-0.15, -0.1) is 0 Å². The zero-order chi connectivity index (χ0) is 13.7. The Morgan fingerprint density at radius 2 is 1.53 bits per heavy atom. The molecule has 98 valence electrons. The number of thiol groups is 1. The van der Waals surface area contributed by atoms with Crippen molar-refractivity contribution in [1.82, 2.24) is 0 Å². The third kappa shape index (κ3) is 3.61. The van der Waals surface area contributed by atoms with E-state index in [2.05, 4.69) is 17.9 Å². The van der Waals surface area contributed by atoms with Crippen LogP contribution in [0.25, 0.3) is 0 Å². The summed E-state index contributed by atoms with van der Waals surface area (Å²) >= 11 is 4.14. The van der Waals surface area contributed by atoms with Gasteiger partial charge in [-0.25, -0.2) is 0 Å². The minimum absolute atomic E-state index is 0.0562. The lowest BCUT2D eigenvalue weighted by Crippen LogP contribution is -2.04. The Bertz CT molecular complexity index is 546. The summed E-state index contributed by atoms with van der Waals surface area (Å²) in [5, 5.41) is 3.22. The van der Waals surface area contributed by atoms with Crippen molar-refractivity contribution in [3.8, 4) is 0 Å². The molecule has 0 aliphatic rings. The van der Waals surface area contributed by atoms with Crippen LogP contribution < -0.4 is 5.32 Å². The van der Waals surface area contributed by atoms with E-state index in [1.807, 2.05) is 55.5 Å². The van der Waals surface area contributed by atoms with Gasteiger partial charge >= 0.3 is 0 Å². The van der Waals surface area contributed by atoms with Crippen molar-refractivity contribution in [3.05, 3.63) is 65.2 Å². The Morgan fingerprint density at radius 3 is 2.05 bits per heavy atom. The largest absolute Gasteiger partial charge is 0.384 e. The van der Waals surface area contributed by atoms with Crippen molar-refractivity contribution in [2.24, 2.45) is 0 Å². The van der Waals surface area contributed by atoms with Crippen molar-refractivity contribution in [2.45, 2.75) is 6.92 Å². The molecule has 19 heavy (non-hydrogen) atoms. The molecule has 0 aromatic heterocycles. The number of carbonyl (C=O) groups excluding carboxylic acids is 1. The van der Waals surface area contributed by atoms with Crippen LogP contribution in [0.5, 0.6) is 0 Å². The van der Waals surface area contributed by atoms with Crippen molar-refractivity contribution in [1.29, 1.82) is 0 Å². The standard InChI is InChI=1S/C16H17NOS/c1-12-2-4-13(5-3-12)16(18)14-6-8-15(9-7-14)17-10-11-19/h2-9,17,19H,10-11H2,1H3. The molecule has 0 aliphatic carbocycles. The van der Waals surface area contributed by atoms with Crippen LogP contribution in [0.1, 0.15) is 21.5 Å². The molecule has 0 aliphatic heterocycles. The lowest BCUT2D eigenvalue weighted by atomic mass is 10.0. The molecule has 2 aromatic carbocycles. The molecule has 2 nitrogen and oxygen atoms in total. The molecule has 2 rings (SSSR count). The summed E-state index contributed by atoms with van der Waals surface area (Å²) in [6.45, 7) is 2.82. The highest BCUT2D eigenvalue weighted by molar-refractivity contribution is 7.80. The Labute approximate surface area is 119 Å². The van der Waals surface area contributed by atoms with Gasteiger partial charge in [0.05, 0.1) is 0 Å². The molecule has 3 heteroatoms. The monoisotopic (exact) mass is 271 g/mol. The van der Waals surface area contributed by atoms with E-state index >= 15 is 0 Å². The Morgan fingerprint density at radius 1 is 1.00 bits per heavy atom.